The number of para-hydroxylation sites is 1. The maximum absolute atomic E-state index is 12.6. The van der Waals surface area contributed by atoms with Gasteiger partial charge in [0.1, 0.15) is 0 Å². The number of sulfonamides is 1. The molecule has 2 rings (SSSR count). The second-order valence-corrected chi connectivity index (χ2v) is 6.77. The Balaban J connectivity index is 2.50. The van der Waals surface area contributed by atoms with Crippen LogP contribution in [0.2, 0.25) is 0 Å². The van der Waals surface area contributed by atoms with Crippen molar-refractivity contribution in [3.8, 4) is 0 Å². The summed E-state index contributed by atoms with van der Waals surface area (Å²) in [5.41, 5.74) is 4.12. The molecular formula is C16H19NO2S. The van der Waals surface area contributed by atoms with Gasteiger partial charge in [0.2, 0.25) is 0 Å². The summed E-state index contributed by atoms with van der Waals surface area (Å²) < 4.78 is 27.9. The average molecular weight is 289 g/mol. The highest BCUT2D eigenvalue weighted by Gasteiger charge is 2.20. The first-order valence-corrected chi connectivity index (χ1v) is 7.96. The Morgan fingerprint density at radius 3 is 1.95 bits per heavy atom. The highest BCUT2D eigenvalue weighted by Crippen LogP contribution is 2.25. The van der Waals surface area contributed by atoms with E-state index in [1.165, 1.54) is 0 Å². The summed E-state index contributed by atoms with van der Waals surface area (Å²) in [4.78, 5) is 0.367. The number of hydrogen-bond donors (Lipinski definition) is 1. The molecule has 0 aromatic heterocycles. The molecule has 0 saturated carbocycles. The molecule has 106 valence electrons. The van der Waals surface area contributed by atoms with Crippen molar-refractivity contribution < 1.29 is 8.42 Å². The van der Waals surface area contributed by atoms with E-state index in [2.05, 4.69) is 4.72 Å². The summed E-state index contributed by atoms with van der Waals surface area (Å²) in [5, 5.41) is 0. The number of benzene rings is 2. The molecule has 0 atom stereocenters. The quantitative estimate of drug-likeness (QED) is 0.936. The van der Waals surface area contributed by atoms with Crippen LogP contribution < -0.4 is 4.72 Å². The van der Waals surface area contributed by atoms with Crippen LogP contribution in [0.1, 0.15) is 22.3 Å². The van der Waals surface area contributed by atoms with Crippen molar-refractivity contribution in [2.75, 3.05) is 4.72 Å². The molecule has 0 unspecified atom stereocenters. The summed E-state index contributed by atoms with van der Waals surface area (Å²) >= 11 is 0. The molecule has 0 radical (unpaired) electrons. The summed E-state index contributed by atoms with van der Waals surface area (Å²) in [6.07, 6.45) is 0. The Kier molecular flexibility index (Phi) is 3.86. The Labute approximate surface area is 120 Å². The van der Waals surface area contributed by atoms with Crippen molar-refractivity contribution in [1.29, 1.82) is 0 Å². The molecule has 2 aromatic rings. The van der Waals surface area contributed by atoms with Gasteiger partial charge in [0.15, 0.2) is 0 Å². The third-order valence-corrected chi connectivity index (χ3v) is 4.93. The zero-order valence-corrected chi connectivity index (χ0v) is 13.0. The van der Waals surface area contributed by atoms with Crippen LogP contribution in [-0.2, 0) is 10.0 Å². The molecule has 20 heavy (non-hydrogen) atoms. The molecular weight excluding hydrogens is 270 g/mol. The summed E-state index contributed by atoms with van der Waals surface area (Å²) in [5.74, 6) is 0. The minimum Gasteiger partial charge on any atom is -0.279 e. The van der Waals surface area contributed by atoms with Crippen LogP contribution in [0.5, 0.6) is 0 Å². The van der Waals surface area contributed by atoms with E-state index < -0.39 is 10.0 Å². The van der Waals surface area contributed by atoms with Crippen LogP contribution in [0.15, 0.2) is 41.3 Å². The summed E-state index contributed by atoms with van der Waals surface area (Å²) in [7, 11) is -3.56. The van der Waals surface area contributed by atoms with Gasteiger partial charge in [-0.25, -0.2) is 8.42 Å². The predicted octanol–water partition coefficient (Wildman–Crippen LogP) is 3.72. The van der Waals surface area contributed by atoms with Gasteiger partial charge in [-0.1, -0.05) is 35.9 Å². The van der Waals surface area contributed by atoms with E-state index in [1.54, 1.807) is 6.07 Å². The second-order valence-electron chi connectivity index (χ2n) is 5.15. The molecule has 3 nitrogen and oxygen atoms in total. The fraction of sp³-hybridized carbons (Fsp3) is 0.250. The summed E-state index contributed by atoms with van der Waals surface area (Å²) in [6.45, 7) is 7.50. The van der Waals surface area contributed by atoms with Crippen molar-refractivity contribution in [2.24, 2.45) is 0 Å². The second kappa shape index (κ2) is 5.29. The van der Waals surface area contributed by atoms with Crippen LogP contribution in [0.4, 0.5) is 5.69 Å². The van der Waals surface area contributed by atoms with Gasteiger partial charge in [-0.15, -0.1) is 0 Å². The van der Waals surface area contributed by atoms with Crippen molar-refractivity contribution in [1.82, 2.24) is 0 Å². The third kappa shape index (κ3) is 2.85. The molecule has 2 aromatic carbocycles. The van der Waals surface area contributed by atoms with Crippen molar-refractivity contribution in [3.05, 3.63) is 58.7 Å². The fourth-order valence-corrected chi connectivity index (χ4v) is 4.06. The minimum atomic E-state index is -3.56. The first-order valence-electron chi connectivity index (χ1n) is 6.47. The molecule has 1 N–H and O–H groups in total. The monoisotopic (exact) mass is 289 g/mol. The first kappa shape index (κ1) is 14.6. The van der Waals surface area contributed by atoms with Crippen molar-refractivity contribution in [3.63, 3.8) is 0 Å². The SMILES string of the molecule is Cc1cc(C)c(S(=O)(=O)Nc2ccccc2C)c(C)c1. The molecule has 0 aliphatic rings. The maximum Gasteiger partial charge on any atom is 0.262 e. The van der Waals surface area contributed by atoms with Gasteiger partial charge in [-0.05, 0) is 50.5 Å². The van der Waals surface area contributed by atoms with Gasteiger partial charge in [0, 0.05) is 0 Å². The minimum absolute atomic E-state index is 0.367. The number of aryl methyl sites for hydroxylation is 4. The van der Waals surface area contributed by atoms with Gasteiger partial charge < -0.3 is 0 Å². The molecule has 0 fully saturated rings. The normalized spacial score (nSPS) is 11.4. The van der Waals surface area contributed by atoms with E-state index in [9.17, 15) is 8.42 Å². The molecule has 0 saturated heterocycles. The van der Waals surface area contributed by atoms with Crippen LogP contribution in [-0.4, -0.2) is 8.42 Å². The zero-order chi connectivity index (χ0) is 14.9. The Bertz CT molecular complexity index is 726. The lowest BCUT2D eigenvalue weighted by molar-refractivity contribution is 0.600. The highest BCUT2D eigenvalue weighted by atomic mass is 32.2. The van der Waals surface area contributed by atoms with Gasteiger partial charge in [-0.3, -0.25) is 4.72 Å². The smallest absolute Gasteiger partial charge is 0.262 e. The Morgan fingerprint density at radius 2 is 1.40 bits per heavy atom. The van der Waals surface area contributed by atoms with Crippen LogP contribution in [0.25, 0.3) is 0 Å². The molecule has 0 bridgehead atoms. The predicted molar refractivity (Wildman–Crippen MR) is 82.6 cm³/mol. The van der Waals surface area contributed by atoms with Crippen LogP contribution >= 0.6 is 0 Å². The van der Waals surface area contributed by atoms with Crippen molar-refractivity contribution in [2.45, 2.75) is 32.6 Å². The average Bonchev–Trinajstić information content (AvgIpc) is 2.30. The number of hydrogen-bond acceptors (Lipinski definition) is 2. The lowest BCUT2D eigenvalue weighted by Crippen LogP contribution is -2.16. The van der Waals surface area contributed by atoms with Gasteiger partial charge in [0.25, 0.3) is 10.0 Å². The number of anilines is 1. The third-order valence-electron chi connectivity index (χ3n) is 3.26. The molecule has 4 heteroatoms. The topological polar surface area (TPSA) is 46.2 Å². The Hall–Kier alpha value is -1.81. The van der Waals surface area contributed by atoms with Gasteiger partial charge in [-0.2, -0.15) is 0 Å². The number of nitrogens with one attached hydrogen (secondary N) is 1. The largest absolute Gasteiger partial charge is 0.279 e. The van der Waals surface area contributed by atoms with Crippen molar-refractivity contribution >= 4 is 15.7 Å². The van der Waals surface area contributed by atoms with Crippen LogP contribution in [0.3, 0.4) is 0 Å². The zero-order valence-electron chi connectivity index (χ0n) is 12.2. The lowest BCUT2D eigenvalue weighted by atomic mass is 10.1. The standard InChI is InChI=1S/C16H19NO2S/c1-11-9-13(3)16(14(4)10-11)20(18,19)17-15-8-6-5-7-12(15)2/h5-10,17H,1-4H3. The van der Waals surface area contributed by atoms with Gasteiger partial charge >= 0.3 is 0 Å². The van der Waals surface area contributed by atoms with Gasteiger partial charge in [0.05, 0.1) is 10.6 Å². The lowest BCUT2D eigenvalue weighted by Gasteiger charge is -2.15. The Morgan fingerprint density at radius 1 is 0.850 bits per heavy atom. The fourth-order valence-electron chi connectivity index (χ4n) is 2.47. The molecule has 0 aliphatic heterocycles. The first-order chi connectivity index (χ1) is 9.31. The highest BCUT2D eigenvalue weighted by molar-refractivity contribution is 7.92. The molecule has 0 amide bonds. The van der Waals surface area contributed by atoms with Crippen LogP contribution in [0, 0.1) is 27.7 Å². The van der Waals surface area contributed by atoms with E-state index in [4.69, 9.17) is 0 Å². The summed E-state index contributed by atoms with van der Waals surface area (Å²) in [6, 6.07) is 11.1. The van der Waals surface area contributed by atoms with E-state index in [0.717, 1.165) is 22.3 Å². The molecule has 0 spiro atoms. The number of rotatable bonds is 3. The maximum atomic E-state index is 12.6. The molecule has 0 heterocycles. The van der Waals surface area contributed by atoms with E-state index in [0.29, 0.717) is 10.6 Å². The van der Waals surface area contributed by atoms with E-state index in [-0.39, 0.29) is 0 Å². The van der Waals surface area contributed by atoms with E-state index in [1.807, 2.05) is 58.0 Å². The molecule has 0 aliphatic carbocycles. The van der Waals surface area contributed by atoms with E-state index >= 15 is 0 Å².